The van der Waals surface area contributed by atoms with Gasteiger partial charge in [-0.3, -0.25) is 0 Å². The summed E-state index contributed by atoms with van der Waals surface area (Å²) in [5.41, 5.74) is 5.82. The highest BCUT2D eigenvalue weighted by atomic mass is 16.3. The van der Waals surface area contributed by atoms with Gasteiger partial charge in [0.15, 0.2) is 0 Å². The standard InChI is InChI=1S/C13H28N2O/c1-4-11(3)9-15(5-2)12-6-7-13(14,8-12)10-16/h11-12,16H,4-10,14H2,1-3H3. The fourth-order valence-electron chi connectivity index (χ4n) is 2.65. The molecule has 1 aliphatic rings. The minimum absolute atomic E-state index is 0.129. The maximum Gasteiger partial charge on any atom is 0.0611 e. The maximum absolute atomic E-state index is 9.28. The van der Waals surface area contributed by atoms with E-state index in [0.717, 1.165) is 31.7 Å². The Balaban J connectivity index is 2.49. The minimum atomic E-state index is -0.312. The van der Waals surface area contributed by atoms with Crippen LogP contribution in [-0.4, -0.2) is 41.3 Å². The van der Waals surface area contributed by atoms with Gasteiger partial charge in [0.05, 0.1) is 6.61 Å². The van der Waals surface area contributed by atoms with E-state index in [1.54, 1.807) is 0 Å². The molecule has 1 aliphatic carbocycles. The van der Waals surface area contributed by atoms with Crippen LogP contribution in [0.2, 0.25) is 0 Å². The first-order chi connectivity index (χ1) is 7.54. The molecule has 1 saturated carbocycles. The SMILES string of the molecule is CCC(C)CN(CC)C1CCC(N)(CO)C1. The fraction of sp³-hybridized carbons (Fsp3) is 1.00. The number of hydrogen-bond donors (Lipinski definition) is 2. The third-order valence-corrected chi connectivity index (χ3v) is 4.10. The normalized spacial score (nSPS) is 32.2. The van der Waals surface area contributed by atoms with E-state index in [0.29, 0.717) is 6.04 Å². The van der Waals surface area contributed by atoms with Crippen molar-refractivity contribution in [3.63, 3.8) is 0 Å². The van der Waals surface area contributed by atoms with E-state index in [4.69, 9.17) is 5.73 Å². The first kappa shape index (κ1) is 13.9. The average Bonchev–Trinajstić information content (AvgIpc) is 2.69. The van der Waals surface area contributed by atoms with Crippen molar-refractivity contribution < 1.29 is 5.11 Å². The molecule has 3 unspecified atom stereocenters. The molecule has 96 valence electrons. The molecule has 16 heavy (non-hydrogen) atoms. The molecule has 3 N–H and O–H groups in total. The van der Waals surface area contributed by atoms with Gasteiger partial charge in [-0.05, 0) is 31.7 Å². The van der Waals surface area contributed by atoms with Gasteiger partial charge in [0, 0.05) is 18.1 Å². The minimum Gasteiger partial charge on any atom is -0.394 e. The molecule has 0 heterocycles. The van der Waals surface area contributed by atoms with Gasteiger partial charge in [-0.15, -0.1) is 0 Å². The van der Waals surface area contributed by atoms with Crippen molar-refractivity contribution >= 4 is 0 Å². The Morgan fingerprint density at radius 1 is 1.50 bits per heavy atom. The second kappa shape index (κ2) is 5.99. The zero-order valence-corrected chi connectivity index (χ0v) is 11.1. The van der Waals surface area contributed by atoms with Crippen molar-refractivity contribution in [2.24, 2.45) is 11.7 Å². The number of hydrogen-bond acceptors (Lipinski definition) is 3. The number of nitrogens with zero attached hydrogens (tertiary/aromatic N) is 1. The van der Waals surface area contributed by atoms with Gasteiger partial charge in [0.1, 0.15) is 0 Å². The van der Waals surface area contributed by atoms with Crippen molar-refractivity contribution in [1.82, 2.24) is 4.90 Å². The van der Waals surface area contributed by atoms with E-state index in [9.17, 15) is 5.11 Å². The van der Waals surface area contributed by atoms with E-state index in [2.05, 4.69) is 25.7 Å². The molecule has 3 nitrogen and oxygen atoms in total. The van der Waals surface area contributed by atoms with E-state index >= 15 is 0 Å². The predicted molar refractivity (Wildman–Crippen MR) is 68.3 cm³/mol. The zero-order valence-electron chi connectivity index (χ0n) is 11.1. The summed E-state index contributed by atoms with van der Waals surface area (Å²) in [5.74, 6) is 0.752. The highest BCUT2D eigenvalue weighted by Crippen LogP contribution is 2.31. The van der Waals surface area contributed by atoms with Crippen molar-refractivity contribution in [3.8, 4) is 0 Å². The Labute approximate surface area is 100 Å². The van der Waals surface area contributed by atoms with Crippen LogP contribution in [0.5, 0.6) is 0 Å². The van der Waals surface area contributed by atoms with Crippen LogP contribution < -0.4 is 5.73 Å². The number of aliphatic hydroxyl groups excluding tert-OH is 1. The van der Waals surface area contributed by atoms with Crippen LogP contribution in [0.3, 0.4) is 0 Å². The summed E-state index contributed by atoms with van der Waals surface area (Å²) in [5, 5.41) is 9.28. The Morgan fingerprint density at radius 2 is 2.19 bits per heavy atom. The van der Waals surface area contributed by atoms with Crippen LogP contribution in [0.15, 0.2) is 0 Å². The second-order valence-corrected chi connectivity index (χ2v) is 5.52. The zero-order chi connectivity index (χ0) is 12.2. The monoisotopic (exact) mass is 228 g/mol. The lowest BCUT2D eigenvalue weighted by atomic mass is 10.00. The molecule has 0 aromatic carbocycles. The number of nitrogens with two attached hydrogens (primary N) is 1. The highest BCUT2D eigenvalue weighted by molar-refractivity contribution is 4.96. The summed E-state index contributed by atoms with van der Waals surface area (Å²) < 4.78 is 0. The first-order valence-electron chi connectivity index (χ1n) is 6.68. The van der Waals surface area contributed by atoms with Crippen LogP contribution in [0.4, 0.5) is 0 Å². The van der Waals surface area contributed by atoms with Gasteiger partial charge in [-0.2, -0.15) is 0 Å². The Bertz CT molecular complexity index is 210. The number of rotatable bonds is 6. The molecule has 1 rings (SSSR count). The molecular weight excluding hydrogens is 200 g/mol. The van der Waals surface area contributed by atoms with Gasteiger partial charge in [-0.25, -0.2) is 0 Å². The van der Waals surface area contributed by atoms with E-state index in [-0.39, 0.29) is 12.1 Å². The average molecular weight is 228 g/mol. The molecule has 0 aromatic rings. The number of aliphatic hydroxyl groups is 1. The van der Waals surface area contributed by atoms with Crippen LogP contribution in [0.25, 0.3) is 0 Å². The lowest BCUT2D eigenvalue weighted by molar-refractivity contribution is 0.156. The van der Waals surface area contributed by atoms with Crippen molar-refractivity contribution in [1.29, 1.82) is 0 Å². The summed E-state index contributed by atoms with van der Waals surface area (Å²) in [4.78, 5) is 2.54. The largest absolute Gasteiger partial charge is 0.394 e. The summed E-state index contributed by atoms with van der Waals surface area (Å²) in [6, 6.07) is 0.580. The van der Waals surface area contributed by atoms with Gasteiger partial charge in [0.2, 0.25) is 0 Å². The lowest BCUT2D eigenvalue weighted by Crippen LogP contribution is -2.44. The third kappa shape index (κ3) is 3.44. The first-order valence-corrected chi connectivity index (χ1v) is 6.68. The molecule has 0 radical (unpaired) electrons. The van der Waals surface area contributed by atoms with Gasteiger partial charge in [0.25, 0.3) is 0 Å². The molecule has 3 heteroatoms. The highest BCUT2D eigenvalue weighted by Gasteiger charge is 2.37. The van der Waals surface area contributed by atoms with Gasteiger partial charge in [-0.1, -0.05) is 27.2 Å². The summed E-state index contributed by atoms with van der Waals surface area (Å²) in [6.07, 6.45) is 4.29. The smallest absolute Gasteiger partial charge is 0.0611 e. The molecular formula is C13H28N2O. The van der Waals surface area contributed by atoms with Crippen molar-refractivity contribution in [2.75, 3.05) is 19.7 Å². The van der Waals surface area contributed by atoms with Crippen LogP contribution in [-0.2, 0) is 0 Å². The van der Waals surface area contributed by atoms with Crippen LogP contribution in [0, 0.1) is 5.92 Å². The molecule has 1 fully saturated rings. The Morgan fingerprint density at radius 3 is 2.62 bits per heavy atom. The molecule has 0 saturated heterocycles. The second-order valence-electron chi connectivity index (χ2n) is 5.52. The third-order valence-electron chi connectivity index (χ3n) is 4.10. The Hall–Kier alpha value is -0.120. The molecule has 0 amide bonds. The molecule has 0 spiro atoms. The molecule has 0 aliphatic heterocycles. The lowest BCUT2D eigenvalue weighted by Gasteiger charge is -2.31. The summed E-state index contributed by atoms with van der Waals surface area (Å²) >= 11 is 0. The van der Waals surface area contributed by atoms with Crippen molar-refractivity contribution in [2.45, 2.75) is 58.0 Å². The molecule has 3 atom stereocenters. The van der Waals surface area contributed by atoms with Gasteiger partial charge < -0.3 is 15.7 Å². The summed E-state index contributed by atoms with van der Waals surface area (Å²) in [7, 11) is 0. The van der Waals surface area contributed by atoms with E-state index in [1.807, 2.05) is 0 Å². The molecule has 0 bridgehead atoms. The topological polar surface area (TPSA) is 49.5 Å². The Kier molecular flexibility index (Phi) is 5.22. The van der Waals surface area contributed by atoms with Crippen LogP contribution in [0.1, 0.15) is 46.5 Å². The summed E-state index contributed by atoms with van der Waals surface area (Å²) in [6.45, 7) is 9.16. The quantitative estimate of drug-likeness (QED) is 0.726. The van der Waals surface area contributed by atoms with Crippen LogP contribution >= 0.6 is 0 Å². The predicted octanol–water partition coefficient (Wildman–Crippen LogP) is 1.60. The molecule has 0 aromatic heterocycles. The fourth-order valence-corrected chi connectivity index (χ4v) is 2.65. The van der Waals surface area contributed by atoms with E-state index < -0.39 is 0 Å². The van der Waals surface area contributed by atoms with Gasteiger partial charge >= 0.3 is 0 Å². The van der Waals surface area contributed by atoms with Crippen molar-refractivity contribution in [3.05, 3.63) is 0 Å². The maximum atomic E-state index is 9.28. The van der Waals surface area contributed by atoms with E-state index in [1.165, 1.54) is 13.0 Å².